The van der Waals surface area contributed by atoms with Gasteiger partial charge in [0.25, 0.3) is 0 Å². The summed E-state index contributed by atoms with van der Waals surface area (Å²) in [6.07, 6.45) is 1.02. The minimum Gasteiger partial charge on any atom is -0.550 e. The standard InChI is InChI=1S/C23H26N2O5.2Na/c1-2-24(15-18(21(26)27)13-12-16-8-4-3-5-9-16)23(30)25-19-11-7-6-10-17(19)14-20(25)22(28)29;;/h3-11,18,20H,2,12-15H2,1H3,(H,26,27)(H,28,29);;/q;2*+1/p-2/t18-,20?;;/m0../s1. The minimum atomic E-state index is -1.34. The number of fused-ring (bicyclic) bond motifs is 1. The van der Waals surface area contributed by atoms with Crippen LogP contribution >= 0.6 is 0 Å². The third kappa shape index (κ3) is 6.83. The topological polar surface area (TPSA) is 104 Å². The van der Waals surface area contributed by atoms with E-state index >= 15 is 0 Å². The van der Waals surface area contributed by atoms with Crippen LogP contribution < -0.4 is 74.2 Å². The molecular formula is C23H24N2Na2O5. The van der Waals surface area contributed by atoms with Crippen LogP contribution in [-0.4, -0.2) is 42.0 Å². The first kappa shape index (κ1) is 28.7. The van der Waals surface area contributed by atoms with Crippen LogP contribution in [-0.2, 0) is 22.4 Å². The minimum absolute atomic E-state index is 0. The molecule has 9 heteroatoms. The van der Waals surface area contributed by atoms with Gasteiger partial charge in [-0.2, -0.15) is 0 Å². The van der Waals surface area contributed by atoms with Crippen molar-refractivity contribution in [3.63, 3.8) is 0 Å². The number of carbonyl (C=O) groups is 3. The molecule has 0 N–H and O–H groups in total. The molecule has 1 unspecified atom stereocenters. The normalized spacial score (nSPS) is 15.0. The average Bonchev–Trinajstić information content (AvgIpc) is 3.14. The summed E-state index contributed by atoms with van der Waals surface area (Å²) in [6, 6.07) is 14.8. The van der Waals surface area contributed by atoms with Crippen molar-refractivity contribution in [1.82, 2.24) is 4.90 Å². The first-order valence-corrected chi connectivity index (χ1v) is 10.0. The number of aliphatic carboxylic acids is 2. The van der Waals surface area contributed by atoms with Crippen LogP contribution in [0.4, 0.5) is 10.5 Å². The molecular weight excluding hydrogens is 430 g/mol. The zero-order valence-corrected chi connectivity index (χ0v) is 22.8. The van der Waals surface area contributed by atoms with Crippen molar-refractivity contribution in [1.29, 1.82) is 0 Å². The Hall–Kier alpha value is -1.35. The largest absolute Gasteiger partial charge is 1.00 e. The number of para-hydroxylation sites is 1. The van der Waals surface area contributed by atoms with Crippen molar-refractivity contribution in [2.75, 3.05) is 18.0 Å². The Labute approximate surface area is 232 Å². The zero-order valence-electron chi connectivity index (χ0n) is 18.8. The first-order chi connectivity index (χ1) is 14.4. The van der Waals surface area contributed by atoms with Crippen molar-refractivity contribution in [2.24, 2.45) is 5.92 Å². The van der Waals surface area contributed by atoms with Crippen LogP contribution in [0.2, 0.25) is 0 Å². The van der Waals surface area contributed by atoms with Crippen LogP contribution in [0.15, 0.2) is 54.6 Å². The van der Waals surface area contributed by atoms with E-state index in [2.05, 4.69) is 0 Å². The van der Waals surface area contributed by atoms with E-state index < -0.39 is 29.9 Å². The molecule has 3 rings (SSSR count). The van der Waals surface area contributed by atoms with Gasteiger partial charge in [0.05, 0.1) is 12.0 Å². The molecule has 2 atom stereocenters. The number of carboxylic acid groups (broad SMARTS) is 2. The van der Waals surface area contributed by atoms with Gasteiger partial charge in [-0.15, -0.1) is 0 Å². The van der Waals surface area contributed by atoms with E-state index in [1.54, 1.807) is 31.2 Å². The maximum atomic E-state index is 13.2. The van der Waals surface area contributed by atoms with E-state index in [1.165, 1.54) is 9.80 Å². The molecule has 0 aromatic heterocycles. The number of urea groups is 1. The summed E-state index contributed by atoms with van der Waals surface area (Å²) in [4.78, 5) is 39.2. The smallest absolute Gasteiger partial charge is 0.550 e. The number of amides is 2. The fraction of sp³-hybridized carbons (Fsp3) is 0.348. The van der Waals surface area contributed by atoms with Crippen LogP contribution in [0.3, 0.4) is 0 Å². The second kappa shape index (κ2) is 13.4. The van der Waals surface area contributed by atoms with Crippen LogP contribution in [0, 0.1) is 5.92 Å². The third-order valence-corrected chi connectivity index (χ3v) is 5.50. The van der Waals surface area contributed by atoms with E-state index in [9.17, 15) is 24.6 Å². The van der Waals surface area contributed by atoms with Gasteiger partial charge in [-0.3, -0.25) is 4.90 Å². The maximum absolute atomic E-state index is 13.2. The van der Waals surface area contributed by atoms with Crippen LogP contribution in [0.5, 0.6) is 0 Å². The molecule has 158 valence electrons. The van der Waals surface area contributed by atoms with Crippen molar-refractivity contribution < 1.29 is 83.7 Å². The quantitative estimate of drug-likeness (QED) is 0.371. The Morgan fingerprint density at radius 2 is 1.66 bits per heavy atom. The number of benzene rings is 2. The third-order valence-electron chi connectivity index (χ3n) is 5.50. The SMILES string of the molecule is CCN(C[C@H](CCc1ccccc1)C(=O)[O-])C(=O)N1c2ccccc2CC1C(=O)[O-].[Na+].[Na+]. The average molecular weight is 454 g/mol. The van der Waals surface area contributed by atoms with E-state index in [1.807, 2.05) is 30.3 Å². The van der Waals surface area contributed by atoms with Gasteiger partial charge in [0.15, 0.2) is 0 Å². The summed E-state index contributed by atoms with van der Waals surface area (Å²) in [6.45, 7) is 1.92. The second-order valence-corrected chi connectivity index (χ2v) is 7.40. The molecule has 7 nitrogen and oxygen atoms in total. The van der Waals surface area contributed by atoms with Gasteiger partial charge in [0.1, 0.15) is 0 Å². The summed E-state index contributed by atoms with van der Waals surface area (Å²) < 4.78 is 0. The van der Waals surface area contributed by atoms with Gasteiger partial charge in [0.2, 0.25) is 0 Å². The summed E-state index contributed by atoms with van der Waals surface area (Å²) in [7, 11) is 0. The van der Waals surface area contributed by atoms with Crippen molar-refractivity contribution in [2.45, 2.75) is 32.2 Å². The fourth-order valence-corrected chi connectivity index (χ4v) is 3.84. The molecule has 0 aliphatic carbocycles. The van der Waals surface area contributed by atoms with E-state index in [4.69, 9.17) is 0 Å². The van der Waals surface area contributed by atoms with Gasteiger partial charge in [-0.05, 0) is 37.0 Å². The van der Waals surface area contributed by atoms with E-state index in [0.717, 1.165) is 11.1 Å². The molecule has 1 aliphatic rings. The van der Waals surface area contributed by atoms with Gasteiger partial charge < -0.3 is 24.7 Å². The molecule has 1 aliphatic heterocycles. The van der Waals surface area contributed by atoms with Gasteiger partial charge in [-0.25, -0.2) is 4.79 Å². The monoisotopic (exact) mass is 454 g/mol. The second-order valence-electron chi connectivity index (χ2n) is 7.40. The number of anilines is 1. The molecule has 2 aromatic rings. The molecule has 0 fully saturated rings. The molecule has 0 bridgehead atoms. The molecule has 2 aromatic carbocycles. The summed E-state index contributed by atoms with van der Waals surface area (Å²) in [5, 5.41) is 23.4. The Balaban J connectivity index is 0.00000256. The fourth-order valence-electron chi connectivity index (χ4n) is 3.84. The predicted molar refractivity (Wildman–Crippen MR) is 107 cm³/mol. The number of carbonyl (C=O) groups excluding carboxylic acids is 3. The number of nitrogens with zero attached hydrogens (tertiary/aromatic N) is 2. The molecule has 2 amide bonds. The molecule has 0 spiro atoms. The molecule has 0 saturated heterocycles. The molecule has 1 heterocycles. The molecule has 32 heavy (non-hydrogen) atoms. The number of carboxylic acids is 2. The maximum Gasteiger partial charge on any atom is 1.00 e. The number of rotatable bonds is 8. The molecule has 0 saturated carbocycles. The zero-order chi connectivity index (χ0) is 21.7. The van der Waals surface area contributed by atoms with E-state index in [-0.39, 0.29) is 78.6 Å². The van der Waals surface area contributed by atoms with Crippen LogP contribution in [0.25, 0.3) is 0 Å². The Morgan fingerprint density at radius 3 is 2.25 bits per heavy atom. The van der Waals surface area contributed by atoms with Crippen molar-refractivity contribution in [3.05, 3.63) is 65.7 Å². The Bertz CT molecular complexity index is 926. The van der Waals surface area contributed by atoms with Gasteiger partial charge in [0, 0.05) is 37.1 Å². The predicted octanol–water partition coefficient (Wildman–Crippen LogP) is -5.38. The summed E-state index contributed by atoms with van der Waals surface area (Å²) in [5.41, 5.74) is 2.27. The Kier molecular flexibility index (Phi) is 12.0. The molecule has 0 radical (unpaired) electrons. The van der Waals surface area contributed by atoms with E-state index in [0.29, 0.717) is 18.5 Å². The number of hydrogen-bond acceptors (Lipinski definition) is 5. The summed E-state index contributed by atoms with van der Waals surface area (Å²) in [5.74, 6) is -3.43. The van der Waals surface area contributed by atoms with Crippen molar-refractivity contribution in [3.8, 4) is 0 Å². The first-order valence-electron chi connectivity index (χ1n) is 10.0. The summed E-state index contributed by atoms with van der Waals surface area (Å²) >= 11 is 0. The van der Waals surface area contributed by atoms with Gasteiger partial charge in [-0.1, -0.05) is 48.5 Å². The Morgan fingerprint density at radius 1 is 1.03 bits per heavy atom. The van der Waals surface area contributed by atoms with Gasteiger partial charge >= 0.3 is 65.1 Å². The number of aryl methyl sites for hydroxylation is 1. The number of hydrogen-bond donors (Lipinski definition) is 0. The van der Waals surface area contributed by atoms with Crippen molar-refractivity contribution >= 4 is 23.7 Å². The van der Waals surface area contributed by atoms with Crippen LogP contribution in [0.1, 0.15) is 24.5 Å².